The second kappa shape index (κ2) is 6.53. The maximum atomic E-state index is 4.09. The molecule has 1 fully saturated rings. The summed E-state index contributed by atoms with van der Waals surface area (Å²) in [5, 5.41) is 0. The summed E-state index contributed by atoms with van der Waals surface area (Å²) in [5.74, 6) is 1.53. The fourth-order valence-electron chi connectivity index (χ4n) is 2.82. The lowest BCUT2D eigenvalue weighted by molar-refractivity contribution is 0.331. The Morgan fingerprint density at radius 2 is 1.88 bits per heavy atom. The largest absolute Gasteiger partial charge is 0.265 e. The van der Waals surface area contributed by atoms with E-state index in [9.17, 15) is 0 Å². The standard InChI is InChI=1S/C15H22BrN/c1-12(14-7-9-17-10-8-14)15(16)11-13-5-3-2-4-6-13/h7-10,12-13,15H,2-6,11H2,1H3. The first-order valence-corrected chi connectivity index (χ1v) is 7.73. The van der Waals surface area contributed by atoms with Crippen LogP contribution in [-0.2, 0) is 0 Å². The molecular weight excluding hydrogens is 274 g/mol. The third kappa shape index (κ3) is 3.80. The number of nitrogens with zero attached hydrogens (tertiary/aromatic N) is 1. The van der Waals surface area contributed by atoms with Gasteiger partial charge in [0.25, 0.3) is 0 Å². The van der Waals surface area contributed by atoms with E-state index in [1.807, 2.05) is 12.4 Å². The minimum Gasteiger partial charge on any atom is -0.265 e. The molecule has 1 heterocycles. The second-order valence-electron chi connectivity index (χ2n) is 5.32. The number of pyridine rings is 1. The topological polar surface area (TPSA) is 12.9 Å². The van der Waals surface area contributed by atoms with Crippen molar-refractivity contribution in [2.45, 2.75) is 56.2 Å². The van der Waals surface area contributed by atoms with Gasteiger partial charge in [-0.2, -0.15) is 0 Å². The summed E-state index contributed by atoms with van der Waals surface area (Å²) in [6.07, 6.45) is 12.3. The van der Waals surface area contributed by atoms with E-state index in [1.165, 1.54) is 44.1 Å². The Morgan fingerprint density at radius 3 is 2.53 bits per heavy atom. The van der Waals surface area contributed by atoms with Crippen LogP contribution in [0.25, 0.3) is 0 Å². The molecule has 1 nitrogen and oxygen atoms in total. The SMILES string of the molecule is CC(c1ccncc1)C(Br)CC1CCCCC1. The first-order chi connectivity index (χ1) is 8.27. The number of rotatable bonds is 4. The van der Waals surface area contributed by atoms with Crippen LogP contribution in [0.15, 0.2) is 24.5 Å². The van der Waals surface area contributed by atoms with E-state index < -0.39 is 0 Å². The second-order valence-corrected chi connectivity index (χ2v) is 6.50. The molecule has 0 bridgehead atoms. The van der Waals surface area contributed by atoms with Crippen molar-refractivity contribution in [3.63, 3.8) is 0 Å². The van der Waals surface area contributed by atoms with Gasteiger partial charge in [0.05, 0.1) is 0 Å². The van der Waals surface area contributed by atoms with E-state index in [4.69, 9.17) is 0 Å². The third-order valence-electron chi connectivity index (χ3n) is 4.06. The molecule has 0 spiro atoms. The molecule has 0 aromatic carbocycles. The molecule has 0 saturated heterocycles. The van der Waals surface area contributed by atoms with Crippen LogP contribution in [0.1, 0.15) is 56.9 Å². The van der Waals surface area contributed by atoms with Gasteiger partial charge in [-0.3, -0.25) is 4.98 Å². The van der Waals surface area contributed by atoms with Crippen LogP contribution in [0.3, 0.4) is 0 Å². The van der Waals surface area contributed by atoms with Crippen LogP contribution in [0.5, 0.6) is 0 Å². The smallest absolute Gasteiger partial charge is 0.0270 e. The van der Waals surface area contributed by atoms with Gasteiger partial charge in [0.15, 0.2) is 0 Å². The normalized spacial score (nSPS) is 21.1. The zero-order valence-electron chi connectivity index (χ0n) is 10.6. The highest BCUT2D eigenvalue weighted by Gasteiger charge is 2.22. The van der Waals surface area contributed by atoms with Gasteiger partial charge in [-0.15, -0.1) is 0 Å². The quantitative estimate of drug-likeness (QED) is 0.719. The molecule has 0 N–H and O–H groups in total. The van der Waals surface area contributed by atoms with E-state index in [0.717, 1.165) is 5.92 Å². The first kappa shape index (κ1) is 13.1. The van der Waals surface area contributed by atoms with Crippen molar-refractivity contribution in [1.29, 1.82) is 0 Å². The van der Waals surface area contributed by atoms with E-state index >= 15 is 0 Å². The fourth-order valence-corrected chi connectivity index (χ4v) is 3.66. The molecule has 17 heavy (non-hydrogen) atoms. The molecule has 0 amide bonds. The zero-order valence-corrected chi connectivity index (χ0v) is 12.2. The zero-order chi connectivity index (χ0) is 12.1. The van der Waals surface area contributed by atoms with Gasteiger partial charge in [-0.1, -0.05) is 55.0 Å². The summed E-state index contributed by atoms with van der Waals surface area (Å²) < 4.78 is 0. The average molecular weight is 296 g/mol. The molecular formula is C15H22BrN. The third-order valence-corrected chi connectivity index (χ3v) is 5.22. The van der Waals surface area contributed by atoms with Crippen LogP contribution >= 0.6 is 15.9 Å². The lowest BCUT2D eigenvalue weighted by Crippen LogP contribution is -2.16. The highest BCUT2D eigenvalue weighted by molar-refractivity contribution is 9.09. The van der Waals surface area contributed by atoms with Crippen molar-refractivity contribution in [2.75, 3.05) is 0 Å². The molecule has 94 valence electrons. The van der Waals surface area contributed by atoms with Gasteiger partial charge in [0, 0.05) is 17.2 Å². The minimum atomic E-state index is 0.583. The Labute approximate surface area is 113 Å². The maximum Gasteiger partial charge on any atom is 0.0270 e. The van der Waals surface area contributed by atoms with E-state index in [-0.39, 0.29) is 0 Å². The van der Waals surface area contributed by atoms with Gasteiger partial charge in [-0.25, -0.2) is 0 Å². The molecule has 2 atom stereocenters. The van der Waals surface area contributed by atoms with Crippen molar-refractivity contribution in [3.05, 3.63) is 30.1 Å². The molecule has 2 unspecified atom stereocenters. The Bertz CT molecular complexity index is 319. The number of alkyl halides is 1. The maximum absolute atomic E-state index is 4.09. The van der Waals surface area contributed by atoms with Gasteiger partial charge >= 0.3 is 0 Å². The monoisotopic (exact) mass is 295 g/mol. The molecule has 1 aliphatic carbocycles. The van der Waals surface area contributed by atoms with Gasteiger partial charge in [0.2, 0.25) is 0 Å². The number of halogens is 1. The van der Waals surface area contributed by atoms with Crippen LogP contribution in [0, 0.1) is 5.92 Å². The molecule has 2 heteroatoms. The van der Waals surface area contributed by atoms with Crippen molar-refractivity contribution >= 4 is 15.9 Å². The Morgan fingerprint density at radius 1 is 1.24 bits per heavy atom. The highest BCUT2D eigenvalue weighted by atomic mass is 79.9. The van der Waals surface area contributed by atoms with Gasteiger partial charge < -0.3 is 0 Å². The van der Waals surface area contributed by atoms with E-state index in [1.54, 1.807) is 0 Å². The van der Waals surface area contributed by atoms with E-state index in [2.05, 4.69) is 40.0 Å². The summed E-state index contributed by atoms with van der Waals surface area (Å²) in [4.78, 5) is 4.69. The minimum absolute atomic E-state index is 0.583. The lowest BCUT2D eigenvalue weighted by Gasteiger charge is -2.27. The van der Waals surface area contributed by atoms with Crippen LogP contribution in [0.4, 0.5) is 0 Å². The number of hydrogen-bond acceptors (Lipinski definition) is 1. The van der Waals surface area contributed by atoms with E-state index in [0.29, 0.717) is 10.7 Å². The first-order valence-electron chi connectivity index (χ1n) is 6.81. The van der Waals surface area contributed by atoms with Crippen LogP contribution in [-0.4, -0.2) is 9.81 Å². The van der Waals surface area contributed by atoms with Gasteiger partial charge in [-0.05, 0) is 36.0 Å². The Hall–Kier alpha value is -0.370. The summed E-state index contributed by atoms with van der Waals surface area (Å²) >= 11 is 3.90. The molecule has 1 aromatic rings. The average Bonchev–Trinajstić information content (AvgIpc) is 2.40. The summed E-state index contributed by atoms with van der Waals surface area (Å²) in [6, 6.07) is 4.28. The van der Waals surface area contributed by atoms with Crippen molar-refractivity contribution in [2.24, 2.45) is 5.92 Å². The van der Waals surface area contributed by atoms with Crippen molar-refractivity contribution in [3.8, 4) is 0 Å². The summed E-state index contributed by atoms with van der Waals surface area (Å²) in [6.45, 7) is 2.32. The highest BCUT2D eigenvalue weighted by Crippen LogP contribution is 2.34. The number of aromatic nitrogens is 1. The molecule has 1 aliphatic rings. The molecule has 1 saturated carbocycles. The summed E-state index contributed by atoms with van der Waals surface area (Å²) in [5.41, 5.74) is 1.40. The van der Waals surface area contributed by atoms with Crippen LogP contribution < -0.4 is 0 Å². The van der Waals surface area contributed by atoms with Gasteiger partial charge in [0.1, 0.15) is 0 Å². The molecule has 1 aromatic heterocycles. The lowest BCUT2D eigenvalue weighted by atomic mass is 9.83. The van der Waals surface area contributed by atoms with Crippen LogP contribution in [0.2, 0.25) is 0 Å². The molecule has 2 rings (SSSR count). The van der Waals surface area contributed by atoms with Crippen molar-refractivity contribution in [1.82, 2.24) is 4.98 Å². The molecule has 0 radical (unpaired) electrons. The molecule has 0 aliphatic heterocycles. The Balaban J connectivity index is 1.88. The Kier molecular flexibility index (Phi) is 5.02. The summed E-state index contributed by atoms with van der Waals surface area (Å²) in [7, 11) is 0. The van der Waals surface area contributed by atoms with Crippen molar-refractivity contribution < 1.29 is 0 Å². The number of hydrogen-bond donors (Lipinski definition) is 0. The fraction of sp³-hybridized carbons (Fsp3) is 0.667. The predicted octanol–water partition coefficient (Wildman–Crippen LogP) is 4.92. The predicted molar refractivity (Wildman–Crippen MR) is 76.6 cm³/mol.